The summed E-state index contributed by atoms with van der Waals surface area (Å²) in [6.45, 7) is 1.19. The molecule has 7 heteroatoms. The van der Waals surface area contributed by atoms with E-state index < -0.39 is 0 Å². The number of hydrogen-bond acceptors (Lipinski definition) is 5. The van der Waals surface area contributed by atoms with Crippen LogP contribution in [-0.4, -0.2) is 25.0 Å². The molecule has 1 aliphatic heterocycles. The number of amides is 2. The van der Waals surface area contributed by atoms with Crippen molar-refractivity contribution >= 4 is 17.5 Å². The lowest BCUT2D eigenvalue weighted by Gasteiger charge is -2.19. The Morgan fingerprint density at radius 2 is 1.71 bits per heavy atom. The lowest BCUT2D eigenvalue weighted by Crippen LogP contribution is -2.24. The van der Waals surface area contributed by atoms with E-state index in [2.05, 4.69) is 10.6 Å². The summed E-state index contributed by atoms with van der Waals surface area (Å²) < 4.78 is 16.2. The average Bonchev–Trinajstić information content (AvgIpc) is 3.25. The summed E-state index contributed by atoms with van der Waals surface area (Å²) >= 11 is 0. The highest BCUT2D eigenvalue weighted by molar-refractivity contribution is 6.09. The molecule has 7 nitrogen and oxygen atoms in total. The van der Waals surface area contributed by atoms with Gasteiger partial charge in [0.1, 0.15) is 19.0 Å². The molecule has 0 saturated carbocycles. The van der Waals surface area contributed by atoms with Gasteiger partial charge in [0, 0.05) is 5.56 Å². The Kier molecular flexibility index (Phi) is 4.97. The largest absolute Gasteiger partial charge is 0.486 e. The first-order valence-corrected chi connectivity index (χ1v) is 8.81. The van der Waals surface area contributed by atoms with Crippen LogP contribution in [0.15, 0.2) is 65.3 Å². The number of hydrogen-bond donors (Lipinski definition) is 2. The third kappa shape index (κ3) is 3.83. The monoisotopic (exact) mass is 378 g/mol. The summed E-state index contributed by atoms with van der Waals surface area (Å²) in [5.74, 6) is 1.13. The maximum atomic E-state index is 12.7. The van der Waals surface area contributed by atoms with Gasteiger partial charge in [0.15, 0.2) is 11.5 Å². The number of nitrogens with one attached hydrogen (secondary N) is 2. The van der Waals surface area contributed by atoms with Gasteiger partial charge < -0.3 is 24.5 Å². The third-order valence-electron chi connectivity index (χ3n) is 4.23. The Balaban J connectivity index is 1.48. The summed E-state index contributed by atoms with van der Waals surface area (Å²) in [4.78, 5) is 25.2. The van der Waals surface area contributed by atoms with E-state index in [9.17, 15) is 9.59 Å². The van der Waals surface area contributed by atoms with Gasteiger partial charge in [-0.25, -0.2) is 0 Å². The highest BCUT2D eigenvalue weighted by atomic mass is 16.6. The highest BCUT2D eigenvalue weighted by Crippen LogP contribution is 2.31. The van der Waals surface area contributed by atoms with Gasteiger partial charge in [0.2, 0.25) is 0 Å². The molecule has 28 heavy (non-hydrogen) atoms. The molecular weight excluding hydrogens is 360 g/mol. The minimum Gasteiger partial charge on any atom is -0.486 e. The van der Waals surface area contributed by atoms with Crippen LogP contribution in [0.2, 0.25) is 0 Å². The number of anilines is 1. The van der Waals surface area contributed by atoms with Crippen LogP contribution in [0.25, 0.3) is 0 Å². The maximum absolute atomic E-state index is 12.7. The van der Waals surface area contributed by atoms with Gasteiger partial charge in [0.05, 0.1) is 24.1 Å². The van der Waals surface area contributed by atoms with Crippen LogP contribution in [0.4, 0.5) is 5.69 Å². The summed E-state index contributed by atoms with van der Waals surface area (Å²) in [5, 5.41) is 5.56. The fraction of sp³-hybridized carbons (Fsp3) is 0.143. The standard InChI is InChI=1S/C21H18N2O5/c24-20(14-7-8-18-19(12-14)28-11-10-27-18)23-17-6-2-1-5-16(17)21(25)22-13-15-4-3-9-26-15/h1-9,12H,10-11,13H2,(H,22,25)(H,23,24). The first kappa shape index (κ1) is 17.7. The summed E-state index contributed by atoms with van der Waals surface area (Å²) in [6, 6.07) is 15.3. The van der Waals surface area contributed by atoms with E-state index in [-0.39, 0.29) is 18.4 Å². The molecule has 1 aliphatic rings. The van der Waals surface area contributed by atoms with E-state index in [0.717, 1.165) is 0 Å². The number of furan rings is 1. The van der Waals surface area contributed by atoms with Crippen LogP contribution in [0, 0.1) is 0 Å². The molecule has 1 aromatic heterocycles. The first-order valence-electron chi connectivity index (χ1n) is 8.81. The summed E-state index contributed by atoms with van der Waals surface area (Å²) in [6.07, 6.45) is 1.54. The zero-order valence-corrected chi connectivity index (χ0v) is 14.9. The Hall–Kier alpha value is -3.74. The van der Waals surface area contributed by atoms with Crippen LogP contribution in [0.5, 0.6) is 11.5 Å². The van der Waals surface area contributed by atoms with Crippen molar-refractivity contribution in [1.82, 2.24) is 5.32 Å². The number of carbonyl (C=O) groups is 2. The number of carbonyl (C=O) groups excluding carboxylic acids is 2. The normalized spacial score (nSPS) is 12.3. The van der Waals surface area contributed by atoms with E-state index in [1.54, 1.807) is 60.9 Å². The molecule has 142 valence electrons. The van der Waals surface area contributed by atoms with Crippen LogP contribution in [0.3, 0.4) is 0 Å². The Morgan fingerprint density at radius 3 is 2.54 bits per heavy atom. The molecule has 0 atom stereocenters. The van der Waals surface area contributed by atoms with Gasteiger partial charge in [-0.15, -0.1) is 0 Å². The number of ether oxygens (including phenoxy) is 2. The predicted octanol–water partition coefficient (Wildman–Crippen LogP) is 3.23. The molecular formula is C21H18N2O5. The van der Waals surface area contributed by atoms with Gasteiger partial charge in [-0.1, -0.05) is 12.1 Å². The van der Waals surface area contributed by atoms with E-state index in [1.165, 1.54) is 0 Å². The second-order valence-corrected chi connectivity index (χ2v) is 6.12. The van der Waals surface area contributed by atoms with Crippen molar-refractivity contribution in [3.05, 3.63) is 77.7 Å². The molecule has 2 aromatic carbocycles. The van der Waals surface area contributed by atoms with Crippen LogP contribution in [0.1, 0.15) is 26.5 Å². The lowest BCUT2D eigenvalue weighted by molar-refractivity contribution is 0.0949. The fourth-order valence-electron chi connectivity index (χ4n) is 2.84. The molecule has 0 aliphatic carbocycles. The van der Waals surface area contributed by atoms with Gasteiger partial charge in [-0.3, -0.25) is 9.59 Å². The van der Waals surface area contributed by atoms with Gasteiger partial charge in [0.25, 0.3) is 11.8 Å². The zero-order valence-electron chi connectivity index (χ0n) is 14.9. The van der Waals surface area contributed by atoms with Crippen LogP contribution >= 0.6 is 0 Å². The van der Waals surface area contributed by atoms with E-state index in [1.807, 2.05) is 0 Å². The molecule has 2 amide bonds. The van der Waals surface area contributed by atoms with Crippen LogP contribution < -0.4 is 20.1 Å². The maximum Gasteiger partial charge on any atom is 0.255 e. The second kappa shape index (κ2) is 7.87. The molecule has 4 rings (SSSR count). The average molecular weight is 378 g/mol. The summed E-state index contributed by atoms with van der Waals surface area (Å²) in [5.41, 5.74) is 1.19. The molecule has 0 unspecified atom stereocenters. The molecule has 0 bridgehead atoms. The number of rotatable bonds is 5. The number of benzene rings is 2. The minimum absolute atomic E-state index is 0.260. The molecule has 0 saturated heterocycles. The molecule has 0 spiro atoms. The SMILES string of the molecule is O=C(Nc1ccccc1C(=O)NCc1ccco1)c1ccc2c(c1)OCCO2. The Bertz CT molecular complexity index is 998. The molecule has 2 N–H and O–H groups in total. The predicted molar refractivity (Wildman–Crippen MR) is 102 cm³/mol. The van der Waals surface area contributed by atoms with Crippen molar-refractivity contribution in [2.75, 3.05) is 18.5 Å². The quantitative estimate of drug-likeness (QED) is 0.711. The molecule has 3 aromatic rings. The van der Waals surface area contributed by atoms with Crippen LogP contribution in [-0.2, 0) is 6.54 Å². The van der Waals surface area contributed by atoms with Crippen molar-refractivity contribution in [2.24, 2.45) is 0 Å². The van der Waals surface area contributed by atoms with E-state index in [4.69, 9.17) is 13.9 Å². The Morgan fingerprint density at radius 1 is 0.893 bits per heavy atom. The van der Waals surface area contributed by atoms with Gasteiger partial charge in [-0.2, -0.15) is 0 Å². The van der Waals surface area contributed by atoms with Crippen molar-refractivity contribution in [2.45, 2.75) is 6.54 Å². The van der Waals surface area contributed by atoms with Gasteiger partial charge in [-0.05, 0) is 42.5 Å². The topological polar surface area (TPSA) is 89.8 Å². The number of fused-ring (bicyclic) bond motifs is 1. The zero-order chi connectivity index (χ0) is 19.3. The number of para-hydroxylation sites is 1. The second-order valence-electron chi connectivity index (χ2n) is 6.12. The van der Waals surface area contributed by atoms with Gasteiger partial charge >= 0.3 is 0 Å². The first-order chi connectivity index (χ1) is 13.7. The molecule has 0 radical (unpaired) electrons. The highest BCUT2D eigenvalue weighted by Gasteiger charge is 2.17. The van der Waals surface area contributed by atoms with Crippen molar-refractivity contribution < 1.29 is 23.5 Å². The summed E-state index contributed by atoms with van der Waals surface area (Å²) in [7, 11) is 0. The van der Waals surface area contributed by atoms with Crippen molar-refractivity contribution in [3.8, 4) is 11.5 Å². The lowest BCUT2D eigenvalue weighted by atomic mass is 10.1. The molecule has 0 fully saturated rings. The third-order valence-corrected chi connectivity index (χ3v) is 4.23. The van der Waals surface area contributed by atoms with Crippen molar-refractivity contribution in [3.63, 3.8) is 0 Å². The van der Waals surface area contributed by atoms with E-state index >= 15 is 0 Å². The minimum atomic E-state index is -0.344. The Labute approximate surface area is 161 Å². The van der Waals surface area contributed by atoms with Crippen molar-refractivity contribution in [1.29, 1.82) is 0 Å². The molecule has 2 heterocycles. The smallest absolute Gasteiger partial charge is 0.255 e. The van der Waals surface area contributed by atoms with E-state index in [0.29, 0.717) is 47.3 Å². The fourth-order valence-corrected chi connectivity index (χ4v) is 2.84.